The zero-order chi connectivity index (χ0) is 31.9. The van der Waals surface area contributed by atoms with Crippen molar-refractivity contribution in [1.82, 2.24) is 16.0 Å². The summed E-state index contributed by atoms with van der Waals surface area (Å²) in [5.41, 5.74) is 1.06. The number of alkyl carbamates (subject to hydrolysis) is 1. The summed E-state index contributed by atoms with van der Waals surface area (Å²) < 4.78 is 5.90. The Bertz CT molecular complexity index is 1350. The van der Waals surface area contributed by atoms with E-state index < -0.39 is 47.6 Å². The number of carboxylic acids is 1. The summed E-state index contributed by atoms with van der Waals surface area (Å²) in [6.45, 7) is 3.75. The lowest BCUT2D eigenvalue weighted by atomic mass is 9.84. The number of hydrogen-bond acceptors (Lipinski definition) is 5. The third kappa shape index (κ3) is 9.86. The van der Waals surface area contributed by atoms with Gasteiger partial charge in [0.2, 0.25) is 11.8 Å². The molecule has 0 bridgehead atoms. The van der Waals surface area contributed by atoms with Gasteiger partial charge < -0.3 is 25.8 Å². The van der Waals surface area contributed by atoms with E-state index >= 15 is 0 Å². The van der Waals surface area contributed by atoms with Crippen LogP contribution in [0.3, 0.4) is 0 Å². The molecule has 0 spiro atoms. The summed E-state index contributed by atoms with van der Waals surface area (Å²) in [4.78, 5) is 51.6. The first kappa shape index (κ1) is 33.6. The zero-order valence-electron chi connectivity index (χ0n) is 25.1. The smallest absolute Gasteiger partial charge is 0.408 e. The molecular formula is C33H41Cl2N3O6. The maximum atomic E-state index is 13.6. The van der Waals surface area contributed by atoms with E-state index in [1.165, 1.54) is 0 Å². The molecule has 4 N–H and O–H groups in total. The molecule has 1 heterocycles. The lowest BCUT2D eigenvalue weighted by Gasteiger charge is -2.28. The first-order valence-corrected chi connectivity index (χ1v) is 16.0. The predicted octanol–water partition coefficient (Wildman–Crippen LogP) is 6.22. The first-order chi connectivity index (χ1) is 20.9. The summed E-state index contributed by atoms with van der Waals surface area (Å²) in [6, 6.07) is 11.9. The standard InChI is InChI=1S/C33H41Cl2N3O6/c1-33(2)19-23(29(39)38-33)18-27(31(41)42)36-30(40)26(15-20-8-4-3-5-9-20)37-32(43)44-28(22-11-7-13-25(35)17-22)16-21-10-6-12-24(34)14-21/h6-7,10-14,17,20,23,26-28H,3-5,8-9,15-16,18-19H2,1-2H3,(H,36,40)(H,37,43)(H,38,39)(H,41,42)/t23?,26-,27?,28?/m0/s1. The fourth-order valence-electron chi connectivity index (χ4n) is 6.27. The van der Waals surface area contributed by atoms with Gasteiger partial charge >= 0.3 is 12.1 Å². The molecule has 2 aromatic carbocycles. The maximum Gasteiger partial charge on any atom is 0.408 e. The van der Waals surface area contributed by atoms with Gasteiger partial charge in [0.05, 0.1) is 0 Å². The van der Waals surface area contributed by atoms with E-state index in [0.29, 0.717) is 34.9 Å². The van der Waals surface area contributed by atoms with Crippen LogP contribution in [-0.4, -0.2) is 46.6 Å². The number of rotatable bonds is 12. The number of amides is 3. The molecule has 4 rings (SSSR count). The van der Waals surface area contributed by atoms with E-state index in [1.54, 1.807) is 36.4 Å². The number of carbonyl (C=O) groups excluding carboxylic acids is 3. The number of aliphatic carboxylic acids is 1. The molecule has 1 saturated heterocycles. The molecule has 2 aliphatic rings. The van der Waals surface area contributed by atoms with Crippen LogP contribution < -0.4 is 16.0 Å². The molecule has 4 atom stereocenters. The molecule has 9 nitrogen and oxygen atoms in total. The van der Waals surface area contributed by atoms with Crippen molar-refractivity contribution in [3.63, 3.8) is 0 Å². The van der Waals surface area contributed by atoms with Crippen LogP contribution in [0.2, 0.25) is 10.0 Å². The SMILES string of the molecule is CC1(C)CC(CC(NC(=O)[C@H](CC2CCCCC2)NC(=O)OC(Cc2cccc(Cl)c2)c2cccc(Cl)c2)C(=O)O)C(=O)N1. The molecule has 0 aromatic heterocycles. The van der Waals surface area contributed by atoms with Crippen molar-refractivity contribution in [1.29, 1.82) is 0 Å². The fourth-order valence-corrected chi connectivity index (χ4v) is 6.68. The van der Waals surface area contributed by atoms with E-state index in [4.69, 9.17) is 27.9 Å². The zero-order valence-corrected chi connectivity index (χ0v) is 26.6. The number of carboxylic acid groups (broad SMARTS) is 1. The number of halogens is 2. The van der Waals surface area contributed by atoms with E-state index in [0.717, 1.165) is 37.7 Å². The Hall–Kier alpha value is -3.30. The molecule has 2 aromatic rings. The summed E-state index contributed by atoms with van der Waals surface area (Å²) in [6.07, 6.45) is 4.54. The monoisotopic (exact) mass is 645 g/mol. The van der Waals surface area contributed by atoms with Gasteiger partial charge in [-0.05, 0) is 74.4 Å². The van der Waals surface area contributed by atoms with Gasteiger partial charge in [-0.2, -0.15) is 0 Å². The van der Waals surface area contributed by atoms with Crippen LogP contribution in [0.4, 0.5) is 4.79 Å². The average Bonchev–Trinajstić information content (AvgIpc) is 3.22. The van der Waals surface area contributed by atoms with Gasteiger partial charge in [-0.25, -0.2) is 9.59 Å². The van der Waals surface area contributed by atoms with Crippen molar-refractivity contribution in [3.05, 3.63) is 69.7 Å². The van der Waals surface area contributed by atoms with Gasteiger partial charge in [-0.15, -0.1) is 0 Å². The average molecular weight is 647 g/mol. The van der Waals surface area contributed by atoms with E-state index in [2.05, 4.69) is 16.0 Å². The second-order valence-electron chi connectivity index (χ2n) is 12.6. The Balaban J connectivity index is 1.50. The highest BCUT2D eigenvalue weighted by Crippen LogP contribution is 2.30. The third-order valence-electron chi connectivity index (χ3n) is 8.41. The van der Waals surface area contributed by atoms with Crippen molar-refractivity contribution in [2.24, 2.45) is 11.8 Å². The molecule has 2 fully saturated rings. The van der Waals surface area contributed by atoms with E-state index in [1.807, 2.05) is 26.0 Å². The van der Waals surface area contributed by atoms with Gasteiger partial charge in [0.25, 0.3) is 0 Å². The van der Waals surface area contributed by atoms with Gasteiger partial charge in [-0.3, -0.25) is 9.59 Å². The predicted molar refractivity (Wildman–Crippen MR) is 168 cm³/mol. The molecular weight excluding hydrogens is 605 g/mol. The minimum Gasteiger partial charge on any atom is -0.480 e. The second kappa shape index (κ2) is 15.1. The second-order valence-corrected chi connectivity index (χ2v) is 13.5. The number of carbonyl (C=O) groups is 4. The Labute approximate surface area is 268 Å². The summed E-state index contributed by atoms with van der Waals surface area (Å²) in [5, 5.41) is 19.2. The molecule has 0 radical (unpaired) electrons. The van der Waals surface area contributed by atoms with Crippen molar-refractivity contribution in [2.45, 2.75) is 95.4 Å². The number of ether oxygens (including phenoxy) is 1. The Morgan fingerprint density at radius 2 is 1.66 bits per heavy atom. The Morgan fingerprint density at radius 1 is 0.977 bits per heavy atom. The van der Waals surface area contributed by atoms with E-state index in [-0.39, 0.29) is 18.2 Å². The molecule has 238 valence electrons. The lowest BCUT2D eigenvalue weighted by Crippen LogP contribution is -2.53. The highest BCUT2D eigenvalue weighted by molar-refractivity contribution is 6.30. The number of nitrogens with one attached hydrogen (secondary N) is 3. The Morgan fingerprint density at radius 3 is 2.27 bits per heavy atom. The van der Waals surface area contributed by atoms with E-state index in [9.17, 15) is 24.3 Å². The molecule has 3 amide bonds. The van der Waals surface area contributed by atoms with Crippen LogP contribution in [0.15, 0.2) is 48.5 Å². The lowest BCUT2D eigenvalue weighted by molar-refractivity contribution is -0.143. The molecule has 11 heteroatoms. The maximum absolute atomic E-state index is 13.6. The van der Waals surface area contributed by atoms with Crippen LogP contribution in [-0.2, 0) is 25.5 Å². The fraction of sp³-hybridized carbons (Fsp3) is 0.515. The molecule has 3 unspecified atom stereocenters. The summed E-state index contributed by atoms with van der Waals surface area (Å²) >= 11 is 12.4. The van der Waals surface area contributed by atoms with Crippen molar-refractivity contribution >= 4 is 47.1 Å². The van der Waals surface area contributed by atoms with Gasteiger partial charge in [0.15, 0.2) is 0 Å². The van der Waals surface area contributed by atoms with Crippen molar-refractivity contribution in [2.75, 3.05) is 0 Å². The Kier molecular flexibility index (Phi) is 11.5. The number of hydrogen-bond donors (Lipinski definition) is 4. The normalized spacial score (nSPS) is 20.2. The van der Waals surface area contributed by atoms with Crippen LogP contribution in [0, 0.1) is 11.8 Å². The highest BCUT2D eigenvalue weighted by atomic mass is 35.5. The largest absolute Gasteiger partial charge is 0.480 e. The van der Waals surface area contributed by atoms with Crippen molar-refractivity contribution < 1.29 is 29.0 Å². The van der Waals surface area contributed by atoms with Gasteiger partial charge in [0.1, 0.15) is 18.2 Å². The van der Waals surface area contributed by atoms with Crippen molar-refractivity contribution in [3.8, 4) is 0 Å². The quantitative estimate of drug-likeness (QED) is 0.217. The van der Waals surface area contributed by atoms with Crippen LogP contribution in [0.25, 0.3) is 0 Å². The topological polar surface area (TPSA) is 134 Å². The van der Waals surface area contributed by atoms with Gasteiger partial charge in [0, 0.05) is 27.9 Å². The minimum atomic E-state index is -1.29. The highest BCUT2D eigenvalue weighted by Gasteiger charge is 2.40. The number of benzene rings is 2. The van der Waals surface area contributed by atoms with Crippen LogP contribution in [0.5, 0.6) is 0 Å². The summed E-state index contributed by atoms with van der Waals surface area (Å²) in [7, 11) is 0. The first-order valence-electron chi connectivity index (χ1n) is 15.2. The van der Waals surface area contributed by atoms with Crippen LogP contribution in [0.1, 0.15) is 82.4 Å². The summed E-state index contributed by atoms with van der Waals surface area (Å²) in [5.74, 6) is -2.45. The molecule has 44 heavy (non-hydrogen) atoms. The van der Waals surface area contributed by atoms with Gasteiger partial charge in [-0.1, -0.05) is 79.6 Å². The van der Waals surface area contributed by atoms with Crippen LogP contribution >= 0.6 is 23.2 Å². The molecule has 1 aliphatic carbocycles. The molecule has 1 saturated carbocycles. The molecule has 1 aliphatic heterocycles. The minimum absolute atomic E-state index is 0.0482. The third-order valence-corrected chi connectivity index (χ3v) is 8.88.